The maximum atomic E-state index is 12.9. The van der Waals surface area contributed by atoms with Gasteiger partial charge in [-0.1, -0.05) is 12.1 Å². The summed E-state index contributed by atoms with van der Waals surface area (Å²) in [6, 6.07) is 7.87. The molecule has 1 aliphatic heterocycles. The Hall–Kier alpha value is -2.15. The van der Waals surface area contributed by atoms with E-state index in [1.165, 1.54) is 12.4 Å². The van der Waals surface area contributed by atoms with E-state index < -0.39 is 6.55 Å². The highest BCUT2D eigenvalue weighted by Gasteiger charge is 2.20. The van der Waals surface area contributed by atoms with Gasteiger partial charge in [-0.2, -0.15) is 8.78 Å². The Morgan fingerprint density at radius 3 is 2.71 bits per heavy atom. The van der Waals surface area contributed by atoms with E-state index in [2.05, 4.69) is 15.2 Å². The number of aliphatic hydroxyl groups is 1. The zero-order chi connectivity index (χ0) is 16.9. The third-order valence-electron chi connectivity index (χ3n) is 4.51. The van der Waals surface area contributed by atoms with Gasteiger partial charge in [-0.3, -0.25) is 4.57 Å². The molecule has 1 saturated heterocycles. The normalized spacial score (nSPS) is 15.9. The van der Waals surface area contributed by atoms with Crippen molar-refractivity contribution in [2.75, 3.05) is 29.9 Å². The van der Waals surface area contributed by atoms with Crippen molar-refractivity contribution in [1.82, 2.24) is 9.55 Å². The third-order valence-corrected chi connectivity index (χ3v) is 4.51. The monoisotopic (exact) mass is 336 g/mol. The molecule has 2 N–H and O–H groups in total. The number of halogens is 2. The summed E-state index contributed by atoms with van der Waals surface area (Å²) in [5.41, 5.74) is 1.97. The van der Waals surface area contributed by atoms with Crippen LogP contribution in [0.1, 0.15) is 25.2 Å². The summed E-state index contributed by atoms with van der Waals surface area (Å²) in [5, 5.41) is 12.5. The van der Waals surface area contributed by atoms with Crippen molar-refractivity contribution in [3.63, 3.8) is 0 Å². The number of aliphatic hydroxyl groups excluding tert-OH is 1. The highest BCUT2D eigenvalue weighted by molar-refractivity contribution is 5.70. The van der Waals surface area contributed by atoms with Crippen molar-refractivity contribution >= 4 is 11.4 Å². The Bertz CT molecular complexity index is 654. The summed E-state index contributed by atoms with van der Waals surface area (Å²) in [6.07, 6.45) is 4.59. The van der Waals surface area contributed by atoms with E-state index >= 15 is 0 Å². The van der Waals surface area contributed by atoms with E-state index in [0.717, 1.165) is 41.9 Å². The molecule has 0 atom stereocenters. The van der Waals surface area contributed by atoms with E-state index in [0.29, 0.717) is 11.7 Å². The van der Waals surface area contributed by atoms with Gasteiger partial charge in [-0.25, -0.2) is 4.98 Å². The highest BCUT2D eigenvalue weighted by atomic mass is 19.3. The Balaban J connectivity index is 1.69. The van der Waals surface area contributed by atoms with Crippen molar-refractivity contribution in [2.45, 2.75) is 25.9 Å². The van der Waals surface area contributed by atoms with E-state index in [-0.39, 0.29) is 13.2 Å². The Kier molecular flexibility index (Phi) is 5.30. The van der Waals surface area contributed by atoms with Crippen LogP contribution in [0, 0.1) is 5.92 Å². The molecule has 2 aromatic rings. The van der Waals surface area contributed by atoms with E-state index in [1.54, 1.807) is 0 Å². The summed E-state index contributed by atoms with van der Waals surface area (Å²) in [7, 11) is 0. The first-order valence-corrected chi connectivity index (χ1v) is 8.17. The lowest BCUT2D eigenvalue weighted by atomic mass is 9.97. The van der Waals surface area contributed by atoms with Gasteiger partial charge in [-0.15, -0.1) is 0 Å². The van der Waals surface area contributed by atoms with Crippen LogP contribution in [0.5, 0.6) is 0 Å². The molecule has 1 aromatic heterocycles. The van der Waals surface area contributed by atoms with E-state index in [9.17, 15) is 13.9 Å². The molecular weight excluding hydrogens is 314 g/mol. The molecule has 0 aliphatic carbocycles. The number of benzene rings is 1. The van der Waals surface area contributed by atoms with Crippen LogP contribution >= 0.6 is 0 Å². The molecule has 130 valence electrons. The molecule has 1 fully saturated rings. The average Bonchev–Trinajstić information content (AvgIpc) is 3.09. The third kappa shape index (κ3) is 3.67. The molecule has 7 heteroatoms. The molecule has 24 heavy (non-hydrogen) atoms. The topological polar surface area (TPSA) is 53.3 Å². The summed E-state index contributed by atoms with van der Waals surface area (Å²) in [5.74, 6) is 0.679. The number of hydrogen-bond donors (Lipinski definition) is 2. The standard InChI is InChI=1S/C17H22F2N4O/c18-17(19)23-10-7-20-16(23)11-21-14-3-1-2-4-15(14)22-8-5-13(12-24)6-9-22/h1-4,7,10,13,17,21,24H,5-6,8-9,11-12H2. The highest BCUT2D eigenvalue weighted by Crippen LogP contribution is 2.30. The second kappa shape index (κ2) is 7.61. The fourth-order valence-corrected chi connectivity index (χ4v) is 3.09. The van der Waals surface area contributed by atoms with Crippen LogP contribution in [0.2, 0.25) is 0 Å². The molecule has 0 unspecified atom stereocenters. The van der Waals surface area contributed by atoms with Crippen LogP contribution < -0.4 is 10.2 Å². The number of nitrogens with zero attached hydrogens (tertiary/aromatic N) is 3. The van der Waals surface area contributed by atoms with E-state index in [4.69, 9.17) is 0 Å². The summed E-state index contributed by atoms with van der Waals surface area (Å²) < 4.78 is 26.7. The van der Waals surface area contributed by atoms with Crippen LogP contribution in [0.4, 0.5) is 20.2 Å². The van der Waals surface area contributed by atoms with Crippen molar-refractivity contribution in [1.29, 1.82) is 0 Å². The van der Waals surface area contributed by atoms with Gasteiger partial charge in [0.15, 0.2) is 0 Å². The number of aromatic nitrogens is 2. The first-order valence-electron chi connectivity index (χ1n) is 8.17. The first kappa shape index (κ1) is 16.7. The lowest BCUT2D eigenvalue weighted by molar-refractivity contribution is 0.0673. The molecule has 0 saturated carbocycles. The van der Waals surface area contributed by atoms with Crippen LogP contribution in [0.15, 0.2) is 36.7 Å². The maximum Gasteiger partial charge on any atom is 0.319 e. The van der Waals surface area contributed by atoms with Gasteiger partial charge in [-0.05, 0) is 30.9 Å². The van der Waals surface area contributed by atoms with Gasteiger partial charge in [0.05, 0.1) is 17.9 Å². The number of para-hydroxylation sites is 2. The van der Waals surface area contributed by atoms with Crippen LogP contribution in [-0.4, -0.2) is 34.4 Å². The Labute approximate surface area is 139 Å². The van der Waals surface area contributed by atoms with Crippen LogP contribution in [0.25, 0.3) is 0 Å². The minimum Gasteiger partial charge on any atom is -0.396 e. The lowest BCUT2D eigenvalue weighted by Crippen LogP contribution is -2.35. The van der Waals surface area contributed by atoms with Gasteiger partial charge in [0.2, 0.25) is 0 Å². The van der Waals surface area contributed by atoms with Gasteiger partial charge >= 0.3 is 6.55 Å². The second-order valence-electron chi connectivity index (χ2n) is 6.01. The molecule has 0 spiro atoms. The van der Waals surface area contributed by atoms with E-state index in [1.807, 2.05) is 24.3 Å². The van der Waals surface area contributed by atoms with Crippen molar-refractivity contribution in [3.8, 4) is 0 Å². The summed E-state index contributed by atoms with van der Waals surface area (Å²) in [4.78, 5) is 6.27. The van der Waals surface area contributed by atoms with Gasteiger partial charge in [0.1, 0.15) is 5.82 Å². The molecule has 0 bridgehead atoms. The van der Waals surface area contributed by atoms with Crippen molar-refractivity contribution < 1.29 is 13.9 Å². The van der Waals surface area contributed by atoms with Crippen molar-refractivity contribution in [2.24, 2.45) is 5.92 Å². The Morgan fingerprint density at radius 2 is 2.00 bits per heavy atom. The molecule has 1 aliphatic rings. The first-order chi connectivity index (χ1) is 11.7. The average molecular weight is 336 g/mol. The SMILES string of the molecule is OCC1CCN(c2ccccc2NCc2nccn2C(F)F)CC1. The predicted octanol–water partition coefficient (Wildman–Crippen LogP) is 3.10. The molecular formula is C17H22F2N4O. The minimum atomic E-state index is -2.59. The second-order valence-corrected chi connectivity index (χ2v) is 6.01. The van der Waals surface area contributed by atoms with Crippen molar-refractivity contribution in [3.05, 3.63) is 42.5 Å². The minimum absolute atomic E-state index is 0.238. The van der Waals surface area contributed by atoms with Crippen LogP contribution in [-0.2, 0) is 6.54 Å². The number of piperidine rings is 1. The molecule has 2 heterocycles. The zero-order valence-corrected chi connectivity index (χ0v) is 13.4. The predicted molar refractivity (Wildman–Crippen MR) is 89.3 cm³/mol. The molecule has 1 aromatic carbocycles. The number of hydrogen-bond acceptors (Lipinski definition) is 4. The lowest BCUT2D eigenvalue weighted by Gasteiger charge is -2.34. The molecule has 0 radical (unpaired) electrons. The Morgan fingerprint density at radius 1 is 1.25 bits per heavy atom. The fourth-order valence-electron chi connectivity index (χ4n) is 3.09. The number of nitrogens with one attached hydrogen (secondary N) is 1. The largest absolute Gasteiger partial charge is 0.396 e. The van der Waals surface area contributed by atoms with Gasteiger partial charge in [0, 0.05) is 32.1 Å². The maximum absolute atomic E-state index is 12.9. The quantitative estimate of drug-likeness (QED) is 0.851. The van der Waals surface area contributed by atoms with Crippen LogP contribution in [0.3, 0.4) is 0 Å². The molecule has 5 nitrogen and oxygen atoms in total. The number of anilines is 2. The number of alkyl halides is 2. The summed E-state index contributed by atoms with van der Waals surface area (Å²) in [6.45, 7) is -0.339. The summed E-state index contributed by atoms with van der Waals surface area (Å²) >= 11 is 0. The molecule has 0 amide bonds. The smallest absolute Gasteiger partial charge is 0.319 e. The molecule has 3 rings (SSSR count). The number of imidazole rings is 1. The fraction of sp³-hybridized carbons (Fsp3) is 0.471. The zero-order valence-electron chi connectivity index (χ0n) is 13.4. The number of rotatable bonds is 6. The van der Waals surface area contributed by atoms with Gasteiger partial charge in [0.25, 0.3) is 0 Å². The van der Waals surface area contributed by atoms with Gasteiger partial charge < -0.3 is 15.3 Å².